The molecule has 5 heteroatoms. The largest absolute Gasteiger partial charge is 0.381 e. The van der Waals surface area contributed by atoms with Crippen LogP contribution in [0.3, 0.4) is 0 Å². The predicted molar refractivity (Wildman–Crippen MR) is 59.4 cm³/mol. The molecule has 1 heterocycles. The summed E-state index contributed by atoms with van der Waals surface area (Å²) in [6.45, 7) is 2.70. The van der Waals surface area contributed by atoms with Crippen molar-refractivity contribution in [3.63, 3.8) is 0 Å². The van der Waals surface area contributed by atoms with Crippen LogP contribution in [0.1, 0.15) is 19.3 Å². The highest BCUT2D eigenvalue weighted by atomic mass is 16.5. The number of methoxy groups -OCH3 is 1. The minimum absolute atomic E-state index is 0.0463. The van der Waals surface area contributed by atoms with Gasteiger partial charge in [-0.05, 0) is 19.3 Å². The fraction of sp³-hybridized carbons (Fsp3) is 0.909. The van der Waals surface area contributed by atoms with Gasteiger partial charge in [0.05, 0.1) is 19.3 Å². The van der Waals surface area contributed by atoms with Crippen LogP contribution in [0.4, 0.5) is 4.79 Å². The van der Waals surface area contributed by atoms with Gasteiger partial charge in [0, 0.05) is 26.2 Å². The number of hydrogen-bond acceptors (Lipinski definition) is 3. The summed E-state index contributed by atoms with van der Waals surface area (Å²) < 4.78 is 10.5. The molecule has 1 saturated heterocycles. The minimum Gasteiger partial charge on any atom is -0.381 e. The Morgan fingerprint density at radius 3 is 2.75 bits per heavy atom. The third-order valence-electron chi connectivity index (χ3n) is 3.34. The molecule has 0 aromatic carbocycles. The first-order valence-electron chi connectivity index (χ1n) is 5.95. The highest BCUT2D eigenvalue weighted by Gasteiger charge is 2.27. The molecular formula is C11H20N2O3. The van der Waals surface area contributed by atoms with E-state index in [1.165, 1.54) is 0 Å². The Balaban J connectivity index is 1.74. The van der Waals surface area contributed by atoms with E-state index in [1.807, 2.05) is 4.90 Å². The summed E-state index contributed by atoms with van der Waals surface area (Å²) in [7, 11) is 1.73. The van der Waals surface area contributed by atoms with Crippen molar-refractivity contribution < 1.29 is 14.3 Å². The molecule has 1 aliphatic heterocycles. The van der Waals surface area contributed by atoms with E-state index in [2.05, 4.69) is 5.32 Å². The highest BCUT2D eigenvalue weighted by molar-refractivity contribution is 5.74. The van der Waals surface area contributed by atoms with Crippen LogP contribution in [0.15, 0.2) is 0 Å². The third-order valence-corrected chi connectivity index (χ3v) is 3.34. The van der Waals surface area contributed by atoms with Gasteiger partial charge in [0.15, 0.2) is 0 Å². The second kappa shape index (κ2) is 5.50. The Hall–Kier alpha value is -0.810. The second-order valence-electron chi connectivity index (χ2n) is 4.42. The minimum atomic E-state index is 0.0463. The van der Waals surface area contributed by atoms with Crippen molar-refractivity contribution in [1.82, 2.24) is 10.2 Å². The monoisotopic (exact) mass is 228 g/mol. The van der Waals surface area contributed by atoms with Gasteiger partial charge >= 0.3 is 6.03 Å². The maximum absolute atomic E-state index is 11.9. The van der Waals surface area contributed by atoms with Crippen molar-refractivity contribution in [2.45, 2.75) is 31.4 Å². The molecule has 1 saturated carbocycles. The Morgan fingerprint density at radius 2 is 2.12 bits per heavy atom. The number of ether oxygens (including phenoxy) is 2. The van der Waals surface area contributed by atoms with Gasteiger partial charge in [-0.1, -0.05) is 0 Å². The number of morpholine rings is 1. The van der Waals surface area contributed by atoms with Gasteiger partial charge in [-0.3, -0.25) is 0 Å². The van der Waals surface area contributed by atoms with Crippen molar-refractivity contribution in [2.75, 3.05) is 33.4 Å². The molecule has 1 N–H and O–H groups in total. The summed E-state index contributed by atoms with van der Waals surface area (Å²) >= 11 is 0. The van der Waals surface area contributed by atoms with Crippen molar-refractivity contribution >= 4 is 6.03 Å². The number of nitrogens with one attached hydrogen (secondary N) is 1. The normalized spacial score (nSPS) is 30.4. The molecule has 2 fully saturated rings. The topological polar surface area (TPSA) is 50.8 Å². The average Bonchev–Trinajstić information content (AvgIpc) is 2.78. The molecule has 2 atom stereocenters. The van der Waals surface area contributed by atoms with Gasteiger partial charge in [-0.15, -0.1) is 0 Å². The molecule has 2 unspecified atom stereocenters. The quantitative estimate of drug-likeness (QED) is 0.753. The van der Waals surface area contributed by atoms with E-state index in [9.17, 15) is 4.79 Å². The maximum atomic E-state index is 11.9. The van der Waals surface area contributed by atoms with Gasteiger partial charge in [0.2, 0.25) is 0 Å². The highest BCUT2D eigenvalue weighted by Crippen LogP contribution is 2.21. The second-order valence-corrected chi connectivity index (χ2v) is 4.42. The van der Waals surface area contributed by atoms with Crippen LogP contribution in [0.5, 0.6) is 0 Å². The lowest BCUT2D eigenvalue weighted by molar-refractivity contribution is 0.0522. The van der Waals surface area contributed by atoms with E-state index in [-0.39, 0.29) is 12.1 Å². The number of carbonyl (C=O) groups is 1. The number of carbonyl (C=O) groups excluding carboxylic acids is 1. The van der Waals surface area contributed by atoms with E-state index in [1.54, 1.807) is 7.11 Å². The molecule has 2 aliphatic rings. The molecule has 2 rings (SSSR count). The van der Waals surface area contributed by atoms with E-state index < -0.39 is 0 Å². The molecule has 0 aromatic heterocycles. The van der Waals surface area contributed by atoms with Gasteiger partial charge in [-0.25, -0.2) is 4.79 Å². The zero-order valence-electron chi connectivity index (χ0n) is 9.78. The zero-order chi connectivity index (χ0) is 11.4. The molecular weight excluding hydrogens is 208 g/mol. The zero-order valence-corrected chi connectivity index (χ0v) is 9.78. The first-order valence-corrected chi connectivity index (χ1v) is 5.95. The van der Waals surface area contributed by atoms with Crippen LogP contribution in [-0.2, 0) is 9.47 Å². The van der Waals surface area contributed by atoms with Crippen molar-refractivity contribution in [3.05, 3.63) is 0 Å². The van der Waals surface area contributed by atoms with Crippen molar-refractivity contribution in [2.24, 2.45) is 0 Å². The van der Waals surface area contributed by atoms with E-state index in [0.29, 0.717) is 32.4 Å². The van der Waals surface area contributed by atoms with E-state index in [4.69, 9.17) is 9.47 Å². The van der Waals surface area contributed by atoms with E-state index in [0.717, 1.165) is 19.3 Å². The van der Waals surface area contributed by atoms with E-state index >= 15 is 0 Å². The maximum Gasteiger partial charge on any atom is 0.317 e. The number of urea groups is 1. The molecule has 0 radical (unpaired) electrons. The molecule has 0 spiro atoms. The lowest BCUT2D eigenvalue weighted by Crippen LogP contribution is -2.48. The van der Waals surface area contributed by atoms with Gasteiger partial charge < -0.3 is 19.7 Å². The number of hydrogen-bond donors (Lipinski definition) is 1. The first kappa shape index (κ1) is 11.7. The van der Waals surface area contributed by atoms with Crippen molar-refractivity contribution in [1.29, 1.82) is 0 Å². The van der Waals surface area contributed by atoms with Crippen LogP contribution < -0.4 is 5.32 Å². The SMILES string of the molecule is COC1CCC(NC(=O)N2CCOCC2)C1. The van der Waals surface area contributed by atoms with Crippen LogP contribution in [-0.4, -0.2) is 56.5 Å². The summed E-state index contributed by atoms with van der Waals surface area (Å²) in [4.78, 5) is 13.7. The third kappa shape index (κ3) is 2.86. The van der Waals surface area contributed by atoms with Gasteiger partial charge in [0.1, 0.15) is 0 Å². The summed E-state index contributed by atoms with van der Waals surface area (Å²) in [5, 5.41) is 3.06. The van der Waals surface area contributed by atoms with Gasteiger partial charge in [-0.2, -0.15) is 0 Å². The predicted octanol–water partition coefficient (Wildman–Crippen LogP) is 0.596. The molecule has 1 aliphatic carbocycles. The molecule has 92 valence electrons. The Bertz CT molecular complexity index is 241. The van der Waals surface area contributed by atoms with Crippen molar-refractivity contribution in [3.8, 4) is 0 Å². The summed E-state index contributed by atoms with van der Waals surface area (Å²) in [5.74, 6) is 0. The smallest absolute Gasteiger partial charge is 0.317 e. The Kier molecular flexibility index (Phi) is 4.01. The summed E-state index contributed by atoms with van der Waals surface area (Å²) in [6.07, 6.45) is 3.32. The number of amides is 2. The lowest BCUT2D eigenvalue weighted by atomic mass is 10.2. The molecule has 16 heavy (non-hydrogen) atoms. The fourth-order valence-corrected chi connectivity index (χ4v) is 2.32. The Morgan fingerprint density at radius 1 is 1.38 bits per heavy atom. The Labute approximate surface area is 96.1 Å². The number of rotatable bonds is 2. The van der Waals surface area contributed by atoms with Crippen LogP contribution in [0.2, 0.25) is 0 Å². The molecule has 0 bridgehead atoms. The number of nitrogens with zero attached hydrogens (tertiary/aromatic N) is 1. The average molecular weight is 228 g/mol. The fourth-order valence-electron chi connectivity index (χ4n) is 2.32. The summed E-state index contributed by atoms with van der Waals surface area (Å²) in [5.41, 5.74) is 0. The van der Waals surface area contributed by atoms with Crippen LogP contribution in [0, 0.1) is 0 Å². The standard InChI is InChI=1S/C11H20N2O3/c1-15-10-3-2-9(8-10)12-11(14)13-4-6-16-7-5-13/h9-10H,2-8H2,1H3,(H,12,14). The van der Waals surface area contributed by atoms with Crippen LogP contribution in [0.25, 0.3) is 0 Å². The lowest BCUT2D eigenvalue weighted by Gasteiger charge is -2.28. The molecule has 5 nitrogen and oxygen atoms in total. The first-order chi connectivity index (χ1) is 7.79. The van der Waals surface area contributed by atoms with Gasteiger partial charge in [0.25, 0.3) is 0 Å². The summed E-state index contributed by atoms with van der Waals surface area (Å²) in [6, 6.07) is 0.324. The molecule has 0 aromatic rings. The molecule has 2 amide bonds. The van der Waals surface area contributed by atoms with Crippen LogP contribution >= 0.6 is 0 Å².